The van der Waals surface area contributed by atoms with Crippen LogP contribution in [0.25, 0.3) is 5.70 Å². The summed E-state index contributed by atoms with van der Waals surface area (Å²) in [6, 6.07) is 0. The summed E-state index contributed by atoms with van der Waals surface area (Å²) in [5, 5.41) is 3.71. The second kappa shape index (κ2) is 3.84. The molecule has 5 nitrogen and oxygen atoms in total. The van der Waals surface area contributed by atoms with E-state index in [1.165, 1.54) is 0 Å². The molecule has 15 heavy (non-hydrogen) atoms. The van der Waals surface area contributed by atoms with E-state index in [1.54, 1.807) is 6.92 Å². The summed E-state index contributed by atoms with van der Waals surface area (Å²) in [7, 11) is 0. The van der Waals surface area contributed by atoms with Crippen LogP contribution in [0.2, 0.25) is 0 Å². The maximum Gasteiger partial charge on any atom is 0.273 e. The number of carbonyl (C=O) groups is 1. The van der Waals surface area contributed by atoms with E-state index in [0.717, 1.165) is 0 Å². The summed E-state index contributed by atoms with van der Waals surface area (Å²) in [5.74, 6) is 1.35. The smallest absolute Gasteiger partial charge is 0.273 e. The van der Waals surface area contributed by atoms with Gasteiger partial charge in [0.25, 0.3) is 5.89 Å². The Hall–Kier alpha value is -1.65. The molecule has 1 saturated heterocycles. The van der Waals surface area contributed by atoms with Crippen LogP contribution in [-0.2, 0) is 4.79 Å². The van der Waals surface area contributed by atoms with Gasteiger partial charge >= 0.3 is 0 Å². The van der Waals surface area contributed by atoms with Crippen molar-refractivity contribution in [2.45, 2.75) is 19.8 Å². The average molecular weight is 207 g/mol. The van der Waals surface area contributed by atoms with Gasteiger partial charge in [0.05, 0.1) is 5.70 Å². The van der Waals surface area contributed by atoms with E-state index >= 15 is 0 Å². The fourth-order valence-corrected chi connectivity index (χ4v) is 1.58. The van der Waals surface area contributed by atoms with Crippen LogP contribution in [0.5, 0.6) is 0 Å². The fourth-order valence-electron chi connectivity index (χ4n) is 1.58. The highest BCUT2D eigenvalue weighted by Gasteiger charge is 2.20. The Morgan fingerprint density at radius 3 is 2.67 bits per heavy atom. The lowest BCUT2D eigenvalue weighted by atomic mass is 10.1. The minimum atomic E-state index is 0.306. The van der Waals surface area contributed by atoms with Crippen LogP contribution in [0, 0.1) is 6.92 Å². The van der Waals surface area contributed by atoms with Gasteiger partial charge in [-0.2, -0.15) is 4.98 Å². The zero-order chi connectivity index (χ0) is 10.8. The van der Waals surface area contributed by atoms with Crippen molar-refractivity contribution < 1.29 is 9.32 Å². The Morgan fingerprint density at radius 2 is 2.13 bits per heavy atom. The van der Waals surface area contributed by atoms with Crippen molar-refractivity contribution >= 4 is 11.5 Å². The average Bonchev–Trinajstić information content (AvgIpc) is 2.65. The first-order chi connectivity index (χ1) is 7.16. The molecule has 1 aromatic rings. The Kier molecular flexibility index (Phi) is 2.53. The molecule has 2 rings (SSSR count). The number of aryl methyl sites for hydroxylation is 1. The van der Waals surface area contributed by atoms with Crippen molar-refractivity contribution in [2.24, 2.45) is 0 Å². The Bertz CT molecular complexity index is 387. The standard InChI is InChI=1S/C10H13N3O2/c1-7(10-11-8(2)12-15-10)13-5-3-9(14)4-6-13/h1,3-6H2,2H3. The normalized spacial score (nSPS) is 16.9. The molecule has 0 aliphatic carbocycles. The first-order valence-electron chi connectivity index (χ1n) is 4.93. The Labute approximate surface area is 87.8 Å². The minimum Gasteiger partial charge on any atom is -0.367 e. The van der Waals surface area contributed by atoms with Crippen molar-refractivity contribution in [3.05, 3.63) is 18.3 Å². The molecular weight excluding hydrogens is 194 g/mol. The number of aromatic nitrogens is 2. The van der Waals surface area contributed by atoms with Crippen LogP contribution in [0.3, 0.4) is 0 Å². The van der Waals surface area contributed by atoms with Gasteiger partial charge in [0.15, 0.2) is 5.82 Å². The highest BCUT2D eigenvalue weighted by Crippen LogP contribution is 2.19. The number of nitrogens with zero attached hydrogens (tertiary/aromatic N) is 3. The number of Topliss-reactive ketones (excluding diaryl/α,β-unsaturated/α-hetero) is 1. The van der Waals surface area contributed by atoms with Crippen molar-refractivity contribution in [1.82, 2.24) is 15.0 Å². The highest BCUT2D eigenvalue weighted by atomic mass is 16.5. The minimum absolute atomic E-state index is 0.306. The van der Waals surface area contributed by atoms with Gasteiger partial charge < -0.3 is 9.42 Å². The van der Waals surface area contributed by atoms with Gasteiger partial charge in [-0.1, -0.05) is 11.7 Å². The lowest BCUT2D eigenvalue weighted by molar-refractivity contribution is -0.120. The first-order valence-corrected chi connectivity index (χ1v) is 4.93. The predicted molar refractivity (Wildman–Crippen MR) is 53.9 cm³/mol. The van der Waals surface area contributed by atoms with Gasteiger partial charge in [-0.15, -0.1) is 0 Å². The van der Waals surface area contributed by atoms with Crippen LogP contribution < -0.4 is 0 Å². The van der Waals surface area contributed by atoms with Gasteiger partial charge in [0.1, 0.15) is 5.78 Å². The second-order valence-electron chi connectivity index (χ2n) is 3.62. The molecule has 1 aliphatic heterocycles. The molecule has 0 radical (unpaired) electrons. The van der Waals surface area contributed by atoms with E-state index in [-0.39, 0.29) is 0 Å². The number of likely N-dealkylation sites (tertiary alicyclic amines) is 1. The van der Waals surface area contributed by atoms with E-state index < -0.39 is 0 Å². The molecule has 0 spiro atoms. The Balaban J connectivity index is 2.05. The fraction of sp³-hybridized carbons (Fsp3) is 0.500. The number of carbonyl (C=O) groups excluding carboxylic acids is 1. The third kappa shape index (κ3) is 2.06. The zero-order valence-electron chi connectivity index (χ0n) is 8.69. The summed E-state index contributed by atoms with van der Waals surface area (Å²) >= 11 is 0. The number of ketones is 1. The van der Waals surface area contributed by atoms with Crippen LogP contribution in [0.15, 0.2) is 11.1 Å². The lowest BCUT2D eigenvalue weighted by Crippen LogP contribution is -2.32. The van der Waals surface area contributed by atoms with Crippen molar-refractivity contribution in [2.75, 3.05) is 13.1 Å². The molecule has 0 atom stereocenters. The Morgan fingerprint density at radius 1 is 1.47 bits per heavy atom. The zero-order valence-corrected chi connectivity index (χ0v) is 8.69. The SMILES string of the molecule is C=C(c1nc(C)no1)N1CCC(=O)CC1. The van der Waals surface area contributed by atoms with Crippen molar-refractivity contribution in [1.29, 1.82) is 0 Å². The van der Waals surface area contributed by atoms with Crippen molar-refractivity contribution in [3.63, 3.8) is 0 Å². The molecule has 0 N–H and O–H groups in total. The largest absolute Gasteiger partial charge is 0.367 e. The molecule has 2 heterocycles. The molecular formula is C10H13N3O2. The van der Waals surface area contributed by atoms with E-state index in [0.29, 0.717) is 49.1 Å². The lowest BCUT2D eigenvalue weighted by Gasteiger charge is -2.27. The summed E-state index contributed by atoms with van der Waals surface area (Å²) in [5.41, 5.74) is 0.711. The summed E-state index contributed by atoms with van der Waals surface area (Å²) in [6.45, 7) is 7.06. The first kappa shape index (κ1) is 9.89. The van der Waals surface area contributed by atoms with Gasteiger partial charge in [-0.3, -0.25) is 4.79 Å². The molecule has 1 aromatic heterocycles. The maximum atomic E-state index is 11.1. The molecule has 0 amide bonds. The summed E-state index contributed by atoms with van der Waals surface area (Å²) < 4.78 is 5.02. The van der Waals surface area contributed by atoms with E-state index in [4.69, 9.17) is 4.52 Å². The summed E-state index contributed by atoms with van der Waals surface area (Å²) in [6.07, 6.45) is 1.15. The van der Waals surface area contributed by atoms with E-state index in [1.807, 2.05) is 4.90 Å². The quantitative estimate of drug-likeness (QED) is 0.724. The third-order valence-corrected chi connectivity index (χ3v) is 2.48. The third-order valence-electron chi connectivity index (χ3n) is 2.48. The maximum absolute atomic E-state index is 11.1. The van der Waals surface area contributed by atoms with Gasteiger partial charge in [0.2, 0.25) is 0 Å². The highest BCUT2D eigenvalue weighted by molar-refractivity contribution is 5.80. The molecule has 80 valence electrons. The van der Waals surface area contributed by atoms with E-state index in [9.17, 15) is 4.79 Å². The van der Waals surface area contributed by atoms with Crippen LogP contribution >= 0.6 is 0 Å². The molecule has 1 fully saturated rings. The molecule has 0 aromatic carbocycles. The molecule has 0 saturated carbocycles. The van der Waals surface area contributed by atoms with Crippen LogP contribution in [0.1, 0.15) is 24.6 Å². The van der Waals surface area contributed by atoms with Gasteiger partial charge in [-0.25, -0.2) is 0 Å². The molecule has 0 bridgehead atoms. The molecule has 5 heteroatoms. The number of rotatable bonds is 2. The monoisotopic (exact) mass is 207 g/mol. The topological polar surface area (TPSA) is 59.2 Å². The van der Waals surface area contributed by atoms with Crippen molar-refractivity contribution in [3.8, 4) is 0 Å². The number of piperidine rings is 1. The number of hydrogen-bond acceptors (Lipinski definition) is 5. The second-order valence-corrected chi connectivity index (χ2v) is 3.62. The van der Waals surface area contributed by atoms with E-state index in [2.05, 4.69) is 16.7 Å². The summed E-state index contributed by atoms with van der Waals surface area (Å²) in [4.78, 5) is 17.2. The predicted octanol–water partition coefficient (Wildman–Crippen LogP) is 1.01. The molecule has 1 aliphatic rings. The van der Waals surface area contributed by atoms with Crippen LogP contribution in [-0.4, -0.2) is 33.9 Å². The molecule has 0 unspecified atom stereocenters. The number of hydrogen-bond donors (Lipinski definition) is 0. The van der Waals surface area contributed by atoms with Gasteiger partial charge in [-0.05, 0) is 6.92 Å². The van der Waals surface area contributed by atoms with Crippen LogP contribution in [0.4, 0.5) is 0 Å². The van der Waals surface area contributed by atoms with Gasteiger partial charge in [0, 0.05) is 25.9 Å².